The van der Waals surface area contributed by atoms with Gasteiger partial charge in [0.15, 0.2) is 0 Å². The van der Waals surface area contributed by atoms with Gasteiger partial charge >= 0.3 is 6.03 Å². The lowest BCUT2D eigenvalue weighted by Gasteiger charge is -2.27. The van der Waals surface area contributed by atoms with E-state index in [0.29, 0.717) is 0 Å². The number of amides is 2. The van der Waals surface area contributed by atoms with Crippen LogP contribution in [-0.4, -0.2) is 13.1 Å². The summed E-state index contributed by atoms with van der Waals surface area (Å²) in [6, 6.07) is 13.3. The van der Waals surface area contributed by atoms with E-state index in [1.165, 1.54) is 0 Å². The van der Waals surface area contributed by atoms with Gasteiger partial charge in [-0.05, 0) is 62.6 Å². The highest BCUT2D eigenvalue weighted by Gasteiger charge is 2.23. The van der Waals surface area contributed by atoms with Crippen molar-refractivity contribution in [2.24, 2.45) is 0 Å². The lowest BCUT2D eigenvalue weighted by atomic mass is 9.94. The standard InChI is InChI=1S/C19H24N2O2/c1-13-7-6-8-17(14(13)2)20-18(22)21-19(3,4)15-9-11-16(23-5)12-10-15/h6-12H,1-5H3,(H2,20,21,22). The van der Waals surface area contributed by atoms with E-state index >= 15 is 0 Å². The number of urea groups is 1. The molecule has 2 aromatic carbocycles. The predicted molar refractivity (Wildman–Crippen MR) is 94.1 cm³/mol. The second-order valence-electron chi connectivity index (χ2n) is 6.18. The Morgan fingerprint density at radius 1 is 1.04 bits per heavy atom. The van der Waals surface area contributed by atoms with Crippen LogP contribution in [0.5, 0.6) is 5.75 Å². The molecule has 0 fully saturated rings. The Labute approximate surface area is 137 Å². The van der Waals surface area contributed by atoms with Gasteiger partial charge in [-0.3, -0.25) is 0 Å². The quantitative estimate of drug-likeness (QED) is 0.881. The molecule has 0 aromatic heterocycles. The number of carbonyl (C=O) groups excluding carboxylic acids is 1. The van der Waals surface area contributed by atoms with Crippen LogP contribution in [-0.2, 0) is 5.54 Å². The van der Waals surface area contributed by atoms with E-state index in [1.54, 1.807) is 7.11 Å². The largest absolute Gasteiger partial charge is 0.497 e. The molecule has 0 aliphatic rings. The maximum absolute atomic E-state index is 12.3. The smallest absolute Gasteiger partial charge is 0.319 e. The Kier molecular flexibility index (Phi) is 4.94. The molecule has 0 saturated carbocycles. The Hall–Kier alpha value is -2.49. The molecule has 0 aliphatic heterocycles. The first-order chi connectivity index (χ1) is 10.8. The number of ether oxygens (including phenoxy) is 1. The van der Waals surface area contributed by atoms with Gasteiger partial charge in [0.25, 0.3) is 0 Å². The number of hydrogen-bond acceptors (Lipinski definition) is 2. The Balaban J connectivity index is 2.09. The molecule has 0 bridgehead atoms. The molecule has 4 heteroatoms. The van der Waals surface area contributed by atoms with E-state index in [4.69, 9.17) is 4.74 Å². The molecule has 0 spiro atoms. The summed E-state index contributed by atoms with van der Waals surface area (Å²) in [5.74, 6) is 0.796. The number of carbonyl (C=O) groups is 1. The molecule has 122 valence electrons. The molecule has 23 heavy (non-hydrogen) atoms. The van der Waals surface area contributed by atoms with Crippen LogP contribution in [0.4, 0.5) is 10.5 Å². The molecular weight excluding hydrogens is 288 g/mol. The zero-order valence-corrected chi connectivity index (χ0v) is 14.4. The molecule has 2 N–H and O–H groups in total. The highest BCUT2D eigenvalue weighted by atomic mass is 16.5. The van der Waals surface area contributed by atoms with E-state index in [2.05, 4.69) is 10.6 Å². The van der Waals surface area contributed by atoms with Crippen LogP contribution in [0.15, 0.2) is 42.5 Å². The number of rotatable bonds is 4. The molecule has 2 rings (SSSR count). The summed E-state index contributed by atoms with van der Waals surface area (Å²) in [6.45, 7) is 7.97. The van der Waals surface area contributed by atoms with E-state index < -0.39 is 5.54 Å². The molecule has 2 amide bonds. The monoisotopic (exact) mass is 312 g/mol. The molecule has 0 atom stereocenters. The van der Waals surface area contributed by atoms with Crippen molar-refractivity contribution < 1.29 is 9.53 Å². The van der Waals surface area contributed by atoms with E-state index in [-0.39, 0.29) is 6.03 Å². The van der Waals surface area contributed by atoms with Gasteiger partial charge in [-0.15, -0.1) is 0 Å². The van der Waals surface area contributed by atoms with Crippen molar-refractivity contribution in [3.05, 3.63) is 59.2 Å². The first-order valence-electron chi connectivity index (χ1n) is 7.63. The Morgan fingerprint density at radius 2 is 1.70 bits per heavy atom. The summed E-state index contributed by atoms with van der Waals surface area (Å²) in [5.41, 5.74) is 3.57. The lowest BCUT2D eigenvalue weighted by Crippen LogP contribution is -2.43. The van der Waals surface area contributed by atoms with Gasteiger partial charge in [-0.2, -0.15) is 0 Å². The summed E-state index contributed by atoms with van der Waals surface area (Å²) in [4.78, 5) is 12.3. The highest BCUT2D eigenvalue weighted by Crippen LogP contribution is 2.23. The summed E-state index contributed by atoms with van der Waals surface area (Å²) in [6.07, 6.45) is 0. The summed E-state index contributed by atoms with van der Waals surface area (Å²) in [5, 5.41) is 5.94. The van der Waals surface area contributed by atoms with Gasteiger partial charge < -0.3 is 15.4 Å². The molecule has 2 aromatic rings. The normalized spacial score (nSPS) is 11.0. The van der Waals surface area contributed by atoms with Gasteiger partial charge in [0.2, 0.25) is 0 Å². The second kappa shape index (κ2) is 6.73. The lowest BCUT2D eigenvalue weighted by molar-refractivity contribution is 0.242. The van der Waals surface area contributed by atoms with Crippen LogP contribution in [0.3, 0.4) is 0 Å². The number of hydrogen-bond donors (Lipinski definition) is 2. The third kappa shape index (κ3) is 4.03. The number of nitrogens with one attached hydrogen (secondary N) is 2. The van der Waals surface area contributed by atoms with Crippen molar-refractivity contribution in [1.29, 1.82) is 0 Å². The van der Waals surface area contributed by atoms with E-state index in [9.17, 15) is 4.79 Å². The minimum atomic E-state index is -0.492. The fourth-order valence-corrected chi connectivity index (χ4v) is 2.40. The summed E-state index contributed by atoms with van der Waals surface area (Å²) < 4.78 is 5.17. The first-order valence-corrected chi connectivity index (χ1v) is 7.63. The van der Waals surface area contributed by atoms with Gasteiger partial charge in [0.05, 0.1) is 12.6 Å². The average molecular weight is 312 g/mol. The van der Waals surface area contributed by atoms with Crippen molar-refractivity contribution in [3.8, 4) is 5.75 Å². The van der Waals surface area contributed by atoms with Crippen LogP contribution in [0.2, 0.25) is 0 Å². The third-order valence-electron chi connectivity index (χ3n) is 4.09. The number of benzene rings is 2. The maximum atomic E-state index is 12.3. The van der Waals surface area contributed by atoms with Crippen molar-refractivity contribution in [1.82, 2.24) is 5.32 Å². The fraction of sp³-hybridized carbons (Fsp3) is 0.316. The average Bonchev–Trinajstić information content (AvgIpc) is 2.51. The summed E-state index contributed by atoms with van der Waals surface area (Å²) >= 11 is 0. The van der Waals surface area contributed by atoms with Crippen LogP contribution >= 0.6 is 0 Å². The van der Waals surface area contributed by atoms with Crippen molar-refractivity contribution in [3.63, 3.8) is 0 Å². The molecule has 0 saturated heterocycles. The number of methoxy groups -OCH3 is 1. The predicted octanol–water partition coefficient (Wildman–Crippen LogP) is 4.37. The van der Waals surface area contributed by atoms with Crippen molar-refractivity contribution in [2.75, 3.05) is 12.4 Å². The SMILES string of the molecule is COc1ccc(C(C)(C)NC(=O)Nc2cccc(C)c2C)cc1. The highest BCUT2D eigenvalue weighted by molar-refractivity contribution is 5.90. The minimum Gasteiger partial charge on any atom is -0.497 e. The zero-order chi connectivity index (χ0) is 17.0. The number of aryl methyl sites for hydroxylation is 1. The van der Waals surface area contributed by atoms with Crippen LogP contribution in [0.1, 0.15) is 30.5 Å². The second-order valence-corrected chi connectivity index (χ2v) is 6.18. The summed E-state index contributed by atoms with van der Waals surface area (Å²) in [7, 11) is 1.63. The maximum Gasteiger partial charge on any atom is 0.319 e. The van der Waals surface area contributed by atoms with Gasteiger partial charge in [0, 0.05) is 5.69 Å². The Bertz CT molecular complexity index is 691. The zero-order valence-electron chi connectivity index (χ0n) is 14.4. The minimum absolute atomic E-state index is 0.223. The van der Waals surface area contributed by atoms with Gasteiger partial charge in [-0.25, -0.2) is 4.79 Å². The first kappa shape index (κ1) is 16.9. The third-order valence-corrected chi connectivity index (χ3v) is 4.09. The molecule has 4 nitrogen and oxygen atoms in total. The number of anilines is 1. The van der Waals surface area contributed by atoms with Crippen LogP contribution in [0.25, 0.3) is 0 Å². The molecule has 0 radical (unpaired) electrons. The molecular formula is C19H24N2O2. The molecule has 0 heterocycles. The van der Waals surface area contributed by atoms with Crippen molar-refractivity contribution in [2.45, 2.75) is 33.2 Å². The van der Waals surface area contributed by atoms with E-state index in [0.717, 1.165) is 28.1 Å². The fourth-order valence-electron chi connectivity index (χ4n) is 2.40. The molecule has 0 aliphatic carbocycles. The Morgan fingerprint density at radius 3 is 2.30 bits per heavy atom. The van der Waals surface area contributed by atoms with Crippen molar-refractivity contribution >= 4 is 11.7 Å². The van der Waals surface area contributed by atoms with Gasteiger partial charge in [-0.1, -0.05) is 24.3 Å². The van der Waals surface area contributed by atoms with Crippen LogP contribution in [0, 0.1) is 13.8 Å². The van der Waals surface area contributed by atoms with E-state index in [1.807, 2.05) is 70.2 Å². The molecule has 0 unspecified atom stereocenters. The topological polar surface area (TPSA) is 50.4 Å². The van der Waals surface area contributed by atoms with Gasteiger partial charge in [0.1, 0.15) is 5.75 Å². The van der Waals surface area contributed by atoms with Crippen LogP contribution < -0.4 is 15.4 Å².